The zero-order valence-electron chi connectivity index (χ0n) is 7.89. The first-order valence-corrected chi connectivity index (χ1v) is 5.40. The molecule has 0 saturated carbocycles. The van der Waals surface area contributed by atoms with Gasteiger partial charge in [-0.15, -0.1) is 16.5 Å². The fourth-order valence-electron chi connectivity index (χ4n) is 1.19. The zero-order chi connectivity index (χ0) is 10.8. The van der Waals surface area contributed by atoms with Gasteiger partial charge in [0, 0.05) is 4.90 Å². The number of nitrogens with one attached hydrogen (secondary N) is 1. The summed E-state index contributed by atoms with van der Waals surface area (Å²) in [4.78, 5) is 25.0. The maximum absolute atomic E-state index is 11.2. The highest BCUT2D eigenvalue weighted by Crippen LogP contribution is 2.16. The van der Waals surface area contributed by atoms with Gasteiger partial charge in [0.15, 0.2) is 0 Å². The Morgan fingerprint density at radius 1 is 1.40 bits per heavy atom. The van der Waals surface area contributed by atoms with Crippen molar-refractivity contribution in [3.05, 3.63) is 45.3 Å². The molecule has 0 radical (unpaired) electrons. The molecular weight excluding hydrogens is 216 g/mol. The van der Waals surface area contributed by atoms with Crippen LogP contribution in [0, 0.1) is 0 Å². The van der Waals surface area contributed by atoms with E-state index in [1.807, 2.05) is 17.3 Å². The predicted octanol–water partition coefficient (Wildman–Crippen LogP) is 0.841. The fraction of sp³-hybridized carbons (Fsp3) is 0.111. The maximum Gasteiger partial charge on any atom is 0.440 e. The van der Waals surface area contributed by atoms with Crippen molar-refractivity contribution in [1.29, 1.82) is 0 Å². The Kier molecular flexibility index (Phi) is 2.51. The summed E-state index contributed by atoms with van der Waals surface area (Å²) >= 11 is 1.54. The molecule has 0 spiro atoms. The second-order valence-electron chi connectivity index (χ2n) is 2.80. The van der Waals surface area contributed by atoms with Crippen molar-refractivity contribution < 1.29 is 4.52 Å². The second kappa shape index (κ2) is 3.82. The van der Waals surface area contributed by atoms with Gasteiger partial charge in [-0.3, -0.25) is 0 Å². The minimum atomic E-state index is -0.755. The Morgan fingerprint density at radius 3 is 2.80 bits per heavy atom. The van der Waals surface area contributed by atoms with Crippen molar-refractivity contribution >= 4 is 11.8 Å². The number of aromatic amines is 1. The highest BCUT2D eigenvalue weighted by molar-refractivity contribution is 7.98. The van der Waals surface area contributed by atoms with E-state index in [4.69, 9.17) is 0 Å². The highest BCUT2D eigenvalue weighted by Gasteiger charge is 2.05. The summed E-state index contributed by atoms with van der Waals surface area (Å²) < 4.78 is 5.62. The standard InChI is InChI=1S/C9H8N2O3S/c1-15-7-4-2-3-6(5-7)11-8(12)10-9(13)14-11/h2-5H,1H3,(H,10,12,13). The van der Waals surface area contributed by atoms with E-state index in [1.165, 1.54) is 0 Å². The molecule has 0 saturated heterocycles. The van der Waals surface area contributed by atoms with Crippen LogP contribution in [0.1, 0.15) is 0 Å². The van der Waals surface area contributed by atoms with Gasteiger partial charge >= 0.3 is 11.4 Å². The molecule has 0 aliphatic heterocycles. The summed E-state index contributed by atoms with van der Waals surface area (Å²) in [6.45, 7) is 0. The van der Waals surface area contributed by atoms with Gasteiger partial charge in [0.2, 0.25) is 0 Å². The van der Waals surface area contributed by atoms with E-state index in [9.17, 15) is 9.59 Å². The third kappa shape index (κ3) is 1.89. The molecule has 1 aromatic heterocycles. The van der Waals surface area contributed by atoms with E-state index in [-0.39, 0.29) is 0 Å². The lowest BCUT2D eigenvalue weighted by molar-refractivity contribution is 0.314. The van der Waals surface area contributed by atoms with E-state index >= 15 is 0 Å². The number of hydrogen-bond donors (Lipinski definition) is 1. The molecular formula is C9H8N2O3S. The average Bonchev–Trinajstić information content (AvgIpc) is 2.58. The van der Waals surface area contributed by atoms with Gasteiger partial charge in [0.1, 0.15) is 0 Å². The van der Waals surface area contributed by atoms with E-state index in [1.54, 1.807) is 30.0 Å². The van der Waals surface area contributed by atoms with Gasteiger partial charge in [-0.05, 0) is 24.5 Å². The van der Waals surface area contributed by atoms with Crippen molar-refractivity contribution in [2.24, 2.45) is 0 Å². The van der Waals surface area contributed by atoms with Gasteiger partial charge in [0.05, 0.1) is 5.69 Å². The minimum Gasteiger partial charge on any atom is -0.312 e. The van der Waals surface area contributed by atoms with E-state index in [0.29, 0.717) is 5.69 Å². The van der Waals surface area contributed by atoms with Crippen LogP contribution in [0.3, 0.4) is 0 Å². The smallest absolute Gasteiger partial charge is 0.312 e. The lowest BCUT2D eigenvalue weighted by atomic mass is 10.3. The Bertz CT molecular complexity index is 581. The highest BCUT2D eigenvalue weighted by atomic mass is 32.2. The summed E-state index contributed by atoms with van der Waals surface area (Å²) in [5.41, 5.74) is -0.0385. The van der Waals surface area contributed by atoms with Gasteiger partial charge in [-0.25, -0.2) is 14.6 Å². The molecule has 1 aromatic carbocycles. The van der Waals surface area contributed by atoms with Crippen molar-refractivity contribution in [3.63, 3.8) is 0 Å². The van der Waals surface area contributed by atoms with Crippen molar-refractivity contribution in [3.8, 4) is 5.69 Å². The number of hydrogen-bond acceptors (Lipinski definition) is 4. The molecule has 0 unspecified atom stereocenters. The van der Waals surface area contributed by atoms with Gasteiger partial charge in [-0.2, -0.15) is 0 Å². The van der Waals surface area contributed by atoms with Crippen LogP contribution in [0.4, 0.5) is 0 Å². The van der Waals surface area contributed by atoms with E-state index in [0.717, 1.165) is 9.64 Å². The van der Waals surface area contributed by atoms with Crippen LogP contribution >= 0.6 is 11.8 Å². The molecule has 2 rings (SSSR count). The Labute approximate surface area is 88.7 Å². The molecule has 6 heteroatoms. The zero-order valence-corrected chi connectivity index (χ0v) is 8.71. The average molecular weight is 224 g/mol. The van der Waals surface area contributed by atoms with E-state index < -0.39 is 11.4 Å². The monoisotopic (exact) mass is 224 g/mol. The van der Waals surface area contributed by atoms with Crippen LogP contribution in [0.15, 0.2) is 43.3 Å². The van der Waals surface area contributed by atoms with Crippen LogP contribution in [0.2, 0.25) is 0 Å². The largest absolute Gasteiger partial charge is 0.440 e. The summed E-state index contributed by atoms with van der Waals surface area (Å²) in [5.74, 6) is -0.755. The van der Waals surface area contributed by atoms with Crippen LogP contribution in [0.25, 0.3) is 5.69 Å². The SMILES string of the molecule is CSc1cccc(-n2oc(=O)[nH]c2=O)c1. The Balaban J connectivity index is 2.58. The molecule has 0 amide bonds. The van der Waals surface area contributed by atoms with Gasteiger partial charge in [0.25, 0.3) is 0 Å². The number of aromatic nitrogens is 2. The second-order valence-corrected chi connectivity index (χ2v) is 3.68. The third-order valence-corrected chi connectivity index (χ3v) is 2.58. The molecule has 2 aromatic rings. The van der Waals surface area contributed by atoms with Gasteiger partial charge < -0.3 is 4.52 Å². The van der Waals surface area contributed by atoms with Gasteiger partial charge in [-0.1, -0.05) is 6.07 Å². The number of nitrogens with zero attached hydrogens (tertiary/aromatic N) is 1. The summed E-state index contributed by atoms with van der Waals surface area (Å²) in [6.07, 6.45) is 1.93. The number of H-pyrrole nitrogens is 1. The normalized spacial score (nSPS) is 10.5. The van der Waals surface area contributed by atoms with Crippen LogP contribution < -0.4 is 11.4 Å². The topological polar surface area (TPSA) is 68.0 Å². The summed E-state index contributed by atoms with van der Waals surface area (Å²) in [5, 5.41) is 0. The predicted molar refractivity (Wildman–Crippen MR) is 56.7 cm³/mol. The molecule has 15 heavy (non-hydrogen) atoms. The molecule has 0 aliphatic rings. The first-order chi connectivity index (χ1) is 7.20. The quantitative estimate of drug-likeness (QED) is 0.767. The molecule has 1 N–H and O–H groups in total. The fourth-order valence-corrected chi connectivity index (χ4v) is 1.65. The number of benzene rings is 1. The molecule has 1 heterocycles. The number of rotatable bonds is 2. The Hall–Kier alpha value is -1.69. The summed E-state index contributed by atoms with van der Waals surface area (Å²) in [7, 11) is 0. The van der Waals surface area contributed by atoms with Crippen LogP contribution in [0.5, 0.6) is 0 Å². The molecule has 0 aliphatic carbocycles. The van der Waals surface area contributed by atoms with Crippen molar-refractivity contribution in [2.75, 3.05) is 6.26 Å². The number of thioether (sulfide) groups is 1. The molecule has 0 fully saturated rings. The first-order valence-electron chi connectivity index (χ1n) is 4.18. The summed E-state index contributed by atoms with van der Waals surface area (Å²) in [6, 6.07) is 7.16. The van der Waals surface area contributed by atoms with Crippen LogP contribution in [-0.2, 0) is 0 Å². The maximum atomic E-state index is 11.2. The molecule has 0 bridgehead atoms. The molecule has 78 valence electrons. The Morgan fingerprint density at radius 2 is 2.20 bits per heavy atom. The lowest BCUT2D eigenvalue weighted by Gasteiger charge is -2.00. The first kappa shape index (κ1) is 9.85. The van der Waals surface area contributed by atoms with Crippen molar-refractivity contribution in [2.45, 2.75) is 4.90 Å². The molecule has 0 atom stereocenters. The minimum absolute atomic E-state index is 0.533. The van der Waals surface area contributed by atoms with E-state index in [2.05, 4.69) is 4.52 Å². The van der Waals surface area contributed by atoms with Crippen LogP contribution in [-0.4, -0.2) is 16.0 Å². The lowest BCUT2D eigenvalue weighted by Crippen LogP contribution is -2.14. The van der Waals surface area contributed by atoms with Crippen molar-refractivity contribution in [1.82, 2.24) is 9.72 Å². The molecule has 5 nitrogen and oxygen atoms in total. The third-order valence-electron chi connectivity index (χ3n) is 1.86.